The van der Waals surface area contributed by atoms with Gasteiger partial charge in [-0.25, -0.2) is 9.97 Å². The van der Waals surface area contributed by atoms with Gasteiger partial charge < -0.3 is 14.3 Å². The molecule has 10 heteroatoms. The Balaban J connectivity index is 1.15. The topological polar surface area (TPSA) is 116 Å². The fourth-order valence-corrected chi connectivity index (χ4v) is 4.90. The van der Waals surface area contributed by atoms with Crippen molar-refractivity contribution in [2.45, 2.75) is 6.54 Å². The first kappa shape index (κ1) is 20.8. The van der Waals surface area contributed by atoms with Crippen molar-refractivity contribution in [3.8, 4) is 22.6 Å². The average Bonchev–Trinajstić information content (AvgIpc) is 3.69. The Morgan fingerprint density at radius 3 is 2.64 bits per heavy atom. The second-order valence-electron chi connectivity index (χ2n) is 8.91. The van der Waals surface area contributed by atoms with Crippen LogP contribution in [0.5, 0.6) is 0 Å². The van der Waals surface area contributed by atoms with Gasteiger partial charge in [0.1, 0.15) is 0 Å². The SMILES string of the molecule is c1cnc(N2CCN(Cc3nnc(-c4cc(-c5cccc6[nH]ccc56)cc5[nH]ncc45)o3)CC2)nc1. The van der Waals surface area contributed by atoms with Gasteiger partial charge in [-0.2, -0.15) is 5.10 Å². The van der Waals surface area contributed by atoms with Crippen molar-refractivity contribution < 1.29 is 4.42 Å². The van der Waals surface area contributed by atoms with Gasteiger partial charge in [0.15, 0.2) is 0 Å². The van der Waals surface area contributed by atoms with E-state index in [9.17, 15) is 0 Å². The zero-order valence-electron chi connectivity index (χ0n) is 19.4. The van der Waals surface area contributed by atoms with Crippen molar-refractivity contribution in [3.63, 3.8) is 0 Å². The number of rotatable bonds is 5. The number of hydrogen-bond donors (Lipinski definition) is 2. The molecule has 0 aliphatic carbocycles. The molecule has 2 N–H and O–H groups in total. The molecule has 1 fully saturated rings. The van der Waals surface area contributed by atoms with Crippen LogP contribution in [0.25, 0.3) is 44.4 Å². The van der Waals surface area contributed by atoms with E-state index in [0.717, 1.165) is 70.6 Å². The molecular formula is C26H23N9O. The van der Waals surface area contributed by atoms with Crippen LogP contribution in [0.2, 0.25) is 0 Å². The molecule has 6 aromatic rings. The third kappa shape index (κ3) is 3.68. The van der Waals surface area contributed by atoms with Crippen molar-refractivity contribution in [1.29, 1.82) is 0 Å². The lowest BCUT2D eigenvalue weighted by atomic mass is 9.98. The van der Waals surface area contributed by atoms with Crippen LogP contribution >= 0.6 is 0 Å². The largest absolute Gasteiger partial charge is 0.419 e. The van der Waals surface area contributed by atoms with E-state index in [4.69, 9.17) is 4.42 Å². The molecule has 4 aromatic heterocycles. The number of H-pyrrole nitrogens is 2. The van der Waals surface area contributed by atoms with E-state index in [2.05, 4.69) is 81.5 Å². The number of fused-ring (bicyclic) bond motifs is 2. The quantitative estimate of drug-likeness (QED) is 0.384. The van der Waals surface area contributed by atoms with E-state index in [0.29, 0.717) is 18.3 Å². The standard InChI is InChI=1S/C26H23N9O/c1-3-18(19-5-8-27-22(19)4-1)17-13-20(21-15-30-31-23(21)14-17)25-33-32-24(36-25)16-34-9-11-35(12-10-34)26-28-6-2-7-29-26/h1-8,13-15,27H,9-12,16H2,(H,30,31). The van der Waals surface area contributed by atoms with Crippen molar-refractivity contribution in [2.75, 3.05) is 31.1 Å². The summed E-state index contributed by atoms with van der Waals surface area (Å²) >= 11 is 0. The van der Waals surface area contributed by atoms with Gasteiger partial charge in [0.2, 0.25) is 17.7 Å². The fourth-order valence-electron chi connectivity index (χ4n) is 4.90. The molecular weight excluding hydrogens is 454 g/mol. The Hall–Kier alpha value is -4.57. The molecule has 0 spiro atoms. The Bertz CT molecular complexity index is 1640. The second kappa shape index (κ2) is 8.58. The van der Waals surface area contributed by atoms with Crippen LogP contribution in [0.15, 0.2) is 71.7 Å². The lowest BCUT2D eigenvalue weighted by Gasteiger charge is -2.33. The Morgan fingerprint density at radius 2 is 1.75 bits per heavy atom. The lowest BCUT2D eigenvalue weighted by molar-refractivity contribution is 0.226. The van der Waals surface area contributed by atoms with E-state index >= 15 is 0 Å². The smallest absolute Gasteiger partial charge is 0.248 e. The van der Waals surface area contributed by atoms with Gasteiger partial charge in [0.25, 0.3) is 0 Å². The first-order valence-electron chi connectivity index (χ1n) is 11.9. The summed E-state index contributed by atoms with van der Waals surface area (Å²) in [5, 5.41) is 18.3. The number of aromatic amines is 2. The summed E-state index contributed by atoms with van der Waals surface area (Å²) in [6, 6.07) is 14.4. The molecule has 10 nitrogen and oxygen atoms in total. The minimum absolute atomic E-state index is 0.496. The molecule has 178 valence electrons. The molecule has 36 heavy (non-hydrogen) atoms. The van der Waals surface area contributed by atoms with Gasteiger partial charge in [0.05, 0.1) is 23.8 Å². The molecule has 1 aliphatic rings. The monoisotopic (exact) mass is 477 g/mol. The normalized spacial score (nSPS) is 14.7. The third-order valence-corrected chi connectivity index (χ3v) is 6.73. The highest BCUT2D eigenvalue weighted by molar-refractivity contribution is 6.01. The van der Waals surface area contributed by atoms with Gasteiger partial charge >= 0.3 is 0 Å². The Morgan fingerprint density at radius 1 is 0.861 bits per heavy atom. The summed E-state index contributed by atoms with van der Waals surface area (Å²) in [5.74, 6) is 1.87. The summed E-state index contributed by atoms with van der Waals surface area (Å²) in [5.41, 5.74) is 5.08. The predicted molar refractivity (Wildman–Crippen MR) is 136 cm³/mol. The van der Waals surface area contributed by atoms with E-state index in [1.807, 2.05) is 12.3 Å². The highest BCUT2D eigenvalue weighted by Crippen LogP contribution is 2.35. The number of hydrogen-bond acceptors (Lipinski definition) is 8. The molecule has 0 saturated carbocycles. The maximum Gasteiger partial charge on any atom is 0.248 e. The van der Waals surface area contributed by atoms with Crippen LogP contribution in [-0.4, -0.2) is 66.4 Å². The van der Waals surface area contributed by atoms with Crippen molar-refractivity contribution in [3.05, 3.63) is 73.1 Å². The van der Waals surface area contributed by atoms with Gasteiger partial charge in [-0.05, 0) is 41.5 Å². The highest BCUT2D eigenvalue weighted by atomic mass is 16.4. The molecule has 0 bridgehead atoms. The first-order chi connectivity index (χ1) is 17.8. The highest BCUT2D eigenvalue weighted by Gasteiger charge is 2.22. The molecule has 0 amide bonds. The first-order valence-corrected chi connectivity index (χ1v) is 11.9. The van der Waals surface area contributed by atoms with E-state index < -0.39 is 0 Å². The molecule has 2 aromatic carbocycles. The zero-order chi connectivity index (χ0) is 23.9. The van der Waals surface area contributed by atoms with Gasteiger partial charge in [0, 0.05) is 61.1 Å². The summed E-state index contributed by atoms with van der Waals surface area (Å²) in [6.45, 7) is 4.06. The van der Waals surface area contributed by atoms with Crippen molar-refractivity contribution >= 4 is 27.8 Å². The van der Waals surface area contributed by atoms with Crippen LogP contribution in [0.3, 0.4) is 0 Å². The average molecular weight is 478 g/mol. The number of nitrogens with one attached hydrogen (secondary N) is 2. The summed E-state index contributed by atoms with van der Waals surface area (Å²) < 4.78 is 6.17. The number of anilines is 1. The maximum atomic E-state index is 6.17. The van der Waals surface area contributed by atoms with E-state index in [1.54, 1.807) is 18.6 Å². The summed E-state index contributed by atoms with van der Waals surface area (Å²) in [7, 11) is 0. The zero-order valence-corrected chi connectivity index (χ0v) is 19.4. The molecule has 0 unspecified atom stereocenters. The maximum absolute atomic E-state index is 6.17. The molecule has 5 heterocycles. The Labute approximate surface area is 206 Å². The third-order valence-electron chi connectivity index (χ3n) is 6.73. The van der Waals surface area contributed by atoms with Crippen LogP contribution in [0, 0.1) is 0 Å². The van der Waals surface area contributed by atoms with Crippen molar-refractivity contribution in [2.24, 2.45) is 0 Å². The van der Waals surface area contributed by atoms with Gasteiger partial charge in [-0.1, -0.05) is 12.1 Å². The van der Waals surface area contributed by atoms with E-state index in [1.165, 1.54) is 0 Å². The fraction of sp³-hybridized carbons (Fsp3) is 0.192. The van der Waals surface area contributed by atoms with Gasteiger partial charge in [-0.15, -0.1) is 10.2 Å². The number of nitrogens with zero attached hydrogens (tertiary/aromatic N) is 7. The van der Waals surface area contributed by atoms with Crippen molar-refractivity contribution in [1.82, 2.24) is 40.2 Å². The van der Waals surface area contributed by atoms with E-state index in [-0.39, 0.29) is 0 Å². The van der Waals surface area contributed by atoms with Crippen LogP contribution in [0.1, 0.15) is 5.89 Å². The molecule has 7 rings (SSSR count). The molecule has 0 radical (unpaired) electrons. The number of benzene rings is 2. The molecule has 1 aliphatic heterocycles. The van der Waals surface area contributed by atoms with Crippen LogP contribution < -0.4 is 4.90 Å². The predicted octanol–water partition coefficient (Wildman–Crippen LogP) is 3.87. The Kier molecular flexibility index (Phi) is 4.95. The number of aromatic nitrogens is 7. The lowest BCUT2D eigenvalue weighted by Crippen LogP contribution is -2.46. The van der Waals surface area contributed by atoms with Crippen LogP contribution in [-0.2, 0) is 6.54 Å². The molecule has 1 saturated heterocycles. The molecule has 0 atom stereocenters. The number of piperazine rings is 1. The van der Waals surface area contributed by atoms with Gasteiger partial charge in [-0.3, -0.25) is 10.00 Å². The second-order valence-corrected chi connectivity index (χ2v) is 8.91. The summed E-state index contributed by atoms with van der Waals surface area (Å²) in [6.07, 6.45) is 7.32. The summed E-state index contributed by atoms with van der Waals surface area (Å²) in [4.78, 5) is 16.5. The minimum Gasteiger partial charge on any atom is -0.419 e. The van der Waals surface area contributed by atoms with Crippen LogP contribution in [0.4, 0.5) is 5.95 Å². The minimum atomic E-state index is 0.496.